The van der Waals surface area contributed by atoms with Gasteiger partial charge in [-0.3, -0.25) is 14.3 Å². The quantitative estimate of drug-likeness (QED) is 0.655. The van der Waals surface area contributed by atoms with Crippen molar-refractivity contribution in [1.29, 1.82) is 0 Å². The minimum absolute atomic E-state index is 0.364. The highest BCUT2D eigenvalue weighted by atomic mass is 35.5. The summed E-state index contributed by atoms with van der Waals surface area (Å²) in [6.07, 6.45) is -5.30. The molecule has 1 aliphatic rings. The monoisotopic (exact) mass is 298 g/mol. The van der Waals surface area contributed by atoms with Gasteiger partial charge in [-0.1, -0.05) is 11.6 Å². The van der Waals surface area contributed by atoms with E-state index in [1.54, 1.807) is 4.98 Å². The molecule has 1 aliphatic heterocycles. The number of halogens is 3. The second kappa shape index (κ2) is 4.67. The second-order valence-corrected chi connectivity index (χ2v) is 4.38. The van der Waals surface area contributed by atoms with Crippen molar-refractivity contribution in [3.63, 3.8) is 0 Å². The van der Waals surface area contributed by atoms with Crippen LogP contribution in [-0.2, 0) is 4.74 Å². The van der Waals surface area contributed by atoms with E-state index in [0.717, 1.165) is 0 Å². The maximum atomic E-state index is 13.8. The molecule has 0 saturated carbocycles. The standard InChI is InChI=1S/C9H9ClF2N2O5/c10-3-1-14(8(18)13-6(3)17)7-9(11,12)5(16)4(2-15)19-7/h1,4-5,7,15-16H,2H2,(H,13,17,18)/t4-,5-,7+/m0/s1. The molecule has 0 amide bonds. The Labute approximate surface area is 109 Å². The normalized spacial score (nSPS) is 29.6. The Morgan fingerprint density at radius 1 is 1.53 bits per heavy atom. The van der Waals surface area contributed by atoms with E-state index in [2.05, 4.69) is 0 Å². The van der Waals surface area contributed by atoms with Gasteiger partial charge in [0, 0.05) is 6.20 Å². The van der Waals surface area contributed by atoms with E-state index < -0.39 is 47.2 Å². The fraction of sp³-hybridized carbons (Fsp3) is 0.556. The van der Waals surface area contributed by atoms with Crippen molar-refractivity contribution in [3.05, 3.63) is 32.1 Å². The third kappa shape index (κ3) is 2.18. The molecule has 2 rings (SSSR count). The van der Waals surface area contributed by atoms with Gasteiger partial charge in [-0.25, -0.2) is 4.79 Å². The molecule has 106 valence electrons. The van der Waals surface area contributed by atoms with Crippen molar-refractivity contribution in [2.45, 2.75) is 24.4 Å². The lowest BCUT2D eigenvalue weighted by Gasteiger charge is -2.21. The number of aliphatic hydroxyl groups is 2. The zero-order valence-corrected chi connectivity index (χ0v) is 9.97. The van der Waals surface area contributed by atoms with Crippen LogP contribution >= 0.6 is 11.6 Å². The van der Waals surface area contributed by atoms with Crippen LogP contribution in [0.2, 0.25) is 5.02 Å². The summed E-state index contributed by atoms with van der Waals surface area (Å²) >= 11 is 5.45. The smallest absolute Gasteiger partial charge is 0.330 e. The SMILES string of the molecule is O=c1[nH]c(=O)n([C@@H]2O[C@@H](CO)[C@H](O)C2(F)F)cc1Cl. The number of rotatable bonds is 2. The summed E-state index contributed by atoms with van der Waals surface area (Å²) in [6.45, 7) is -0.848. The predicted octanol–water partition coefficient (Wildman–Crippen LogP) is -0.924. The molecule has 1 saturated heterocycles. The Morgan fingerprint density at radius 2 is 2.16 bits per heavy atom. The Morgan fingerprint density at radius 3 is 2.68 bits per heavy atom. The van der Waals surface area contributed by atoms with Gasteiger partial charge in [-0.2, -0.15) is 8.78 Å². The third-order valence-corrected chi connectivity index (χ3v) is 3.01. The van der Waals surface area contributed by atoms with E-state index >= 15 is 0 Å². The van der Waals surface area contributed by atoms with Crippen LogP contribution in [0.25, 0.3) is 0 Å². The Kier molecular flexibility index (Phi) is 3.47. The molecule has 7 nitrogen and oxygen atoms in total. The number of aromatic amines is 1. The van der Waals surface area contributed by atoms with Gasteiger partial charge in [-0.05, 0) is 0 Å². The molecule has 3 N–H and O–H groups in total. The van der Waals surface area contributed by atoms with Gasteiger partial charge in [0.25, 0.3) is 5.56 Å². The van der Waals surface area contributed by atoms with Gasteiger partial charge in [0.05, 0.1) is 6.61 Å². The molecule has 2 heterocycles. The average molecular weight is 299 g/mol. The molecule has 0 aliphatic carbocycles. The minimum atomic E-state index is -3.82. The van der Waals surface area contributed by atoms with Crippen LogP contribution in [0, 0.1) is 0 Å². The van der Waals surface area contributed by atoms with E-state index in [-0.39, 0.29) is 0 Å². The van der Waals surface area contributed by atoms with Crippen molar-refractivity contribution in [3.8, 4) is 0 Å². The molecule has 0 radical (unpaired) electrons. The van der Waals surface area contributed by atoms with E-state index in [9.17, 15) is 23.5 Å². The second-order valence-electron chi connectivity index (χ2n) is 3.97. The van der Waals surface area contributed by atoms with Gasteiger partial charge < -0.3 is 14.9 Å². The fourth-order valence-corrected chi connectivity index (χ4v) is 1.91. The average Bonchev–Trinajstić information content (AvgIpc) is 2.56. The van der Waals surface area contributed by atoms with Crippen molar-refractivity contribution in [1.82, 2.24) is 9.55 Å². The first kappa shape index (κ1) is 14.1. The lowest BCUT2D eigenvalue weighted by molar-refractivity contribution is -0.141. The van der Waals surface area contributed by atoms with Crippen LogP contribution in [0.5, 0.6) is 0 Å². The summed E-state index contributed by atoms with van der Waals surface area (Å²) in [5.74, 6) is -3.82. The molecule has 0 unspecified atom stereocenters. The lowest BCUT2D eigenvalue weighted by Crippen LogP contribution is -2.42. The number of aliphatic hydroxyl groups excluding tert-OH is 2. The summed E-state index contributed by atoms with van der Waals surface area (Å²) in [5.41, 5.74) is -2.09. The Balaban J connectivity index is 2.51. The molecule has 10 heteroatoms. The van der Waals surface area contributed by atoms with Crippen LogP contribution in [0.4, 0.5) is 8.78 Å². The topological polar surface area (TPSA) is 105 Å². The summed E-state index contributed by atoms with van der Waals surface area (Å²) in [6, 6.07) is 0. The number of aromatic nitrogens is 2. The van der Waals surface area contributed by atoms with Crippen LogP contribution in [0.3, 0.4) is 0 Å². The maximum Gasteiger partial charge on any atom is 0.330 e. The van der Waals surface area contributed by atoms with Crippen LogP contribution in [0.15, 0.2) is 15.8 Å². The van der Waals surface area contributed by atoms with Gasteiger partial charge in [0.1, 0.15) is 11.1 Å². The fourth-order valence-electron chi connectivity index (χ4n) is 1.75. The Hall–Kier alpha value is -1.29. The number of hydrogen-bond acceptors (Lipinski definition) is 5. The molecule has 0 spiro atoms. The first-order valence-corrected chi connectivity index (χ1v) is 5.50. The summed E-state index contributed by atoms with van der Waals surface area (Å²) in [4.78, 5) is 24.2. The van der Waals surface area contributed by atoms with Gasteiger partial charge >= 0.3 is 11.6 Å². The summed E-state index contributed by atoms with van der Waals surface area (Å²) in [5, 5.41) is 17.6. The summed E-state index contributed by atoms with van der Waals surface area (Å²) < 4.78 is 32.6. The van der Waals surface area contributed by atoms with Gasteiger partial charge in [0.15, 0.2) is 6.10 Å². The maximum absolute atomic E-state index is 13.8. The molecular weight excluding hydrogens is 290 g/mol. The number of H-pyrrole nitrogens is 1. The predicted molar refractivity (Wildman–Crippen MR) is 58.3 cm³/mol. The third-order valence-electron chi connectivity index (χ3n) is 2.74. The van der Waals surface area contributed by atoms with Crippen LogP contribution in [0.1, 0.15) is 6.23 Å². The van der Waals surface area contributed by atoms with E-state index in [4.69, 9.17) is 21.4 Å². The lowest BCUT2D eigenvalue weighted by atomic mass is 10.1. The number of ether oxygens (including phenoxy) is 1. The molecule has 1 aromatic rings. The van der Waals surface area contributed by atoms with Crippen molar-refractivity contribution in [2.75, 3.05) is 6.61 Å². The molecular formula is C9H9ClF2N2O5. The largest absolute Gasteiger partial charge is 0.394 e. The first-order valence-electron chi connectivity index (χ1n) is 5.12. The van der Waals surface area contributed by atoms with E-state index in [1.807, 2.05) is 0 Å². The van der Waals surface area contributed by atoms with E-state index in [0.29, 0.717) is 10.8 Å². The summed E-state index contributed by atoms with van der Waals surface area (Å²) in [7, 11) is 0. The zero-order chi connectivity index (χ0) is 14.4. The highest BCUT2D eigenvalue weighted by molar-refractivity contribution is 6.30. The van der Waals surface area contributed by atoms with E-state index in [1.165, 1.54) is 0 Å². The first-order chi connectivity index (χ1) is 8.78. The van der Waals surface area contributed by atoms with Crippen LogP contribution < -0.4 is 11.2 Å². The molecule has 3 atom stereocenters. The zero-order valence-electron chi connectivity index (χ0n) is 9.22. The van der Waals surface area contributed by atoms with Crippen LogP contribution in [-0.4, -0.2) is 44.5 Å². The van der Waals surface area contributed by atoms with Gasteiger partial charge in [0.2, 0.25) is 6.23 Å². The van der Waals surface area contributed by atoms with Gasteiger partial charge in [-0.15, -0.1) is 0 Å². The van der Waals surface area contributed by atoms with Crippen molar-refractivity contribution < 1.29 is 23.7 Å². The molecule has 0 aromatic carbocycles. The number of nitrogens with zero attached hydrogens (tertiary/aromatic N) is 1. The van der Waals surface area contributed by atoms with Crippen molar-refractivity contribution >= 4 is 11.6 Å². The Bertz CT molecular complexity index is 601. The number of nitrogens with one attached hydrogen (secondary N) is 1. The molecule has 0 bridgehead atoms. The molecule has 1 fully saturated rings. The molecule has 1 aromatic heterocycles. The highest BCUT2D eigenvalue weighted by Gasteiger charge is 2.59. The number of alkyl halides is 2. The number of hydrogen-bond donors (Lipinski definition) is 3. The molecule has 19 heavy (non-hydrogen) atoms. The minimum Gasteiger partial charge on any atom is -0.394 e. The van der Waals surface area contributed by atoms with Crippen molar-refractivity contribution in [2.24, 2.45) is 0 Å². The highest BCUT2D eigenvalue weighted by Crippen LogP contribution is 2.41.